The first-order chi connectivity index (χ1) is 11.6. The number of carbonyl (C=O) groups excluding carboxylic acids is 2. The molecule has 0 bridgehead atoms. The van der Waals surface area contributed by atoms with E-state index in [1.54, 1.807) is 18.2 Å². The lowest BCUT2D eigenvalue weighted by Crippen LogP contribution is -2.31. The Kier molecular flexibility index (Phi) is 5.34. The van der Waals surface area contributed by atoms with Gasteiger partial charge in [-0.3, -0.25) is 9.59 Å². The molecule has 24 heavy (non-hydrogen) atoms. The predicted octanol–water partition coefficient (Wildman–Crippen LogP) is 4.00. The molecule has 1 aromatic rings. The molecule has 0 aromatic heterocycles. The Hall–Kier alpha value is -2.10. The molecule has 0 radical (unpaired) electrons. The van der Waals surface area contributed by atoms with Crippen molar-refractivity contribution < 1.29 is 9.59 Å². The topological polar surface area (TPSA) is 49.4 Å². The molecule has 0 unspecified atom stereocenters. The highest BCUT2D eigenvalue weighted by atomic mass is 16.2. The van der Waals surface area contributed by atoms with Gasteiger partial charge in [-0.2, -0.15) is 0 Å². The molecule has 2 fully saturated rings. The number of nitrogens with one attached hydrogen (secondary N) is 1. The molecule has 3 rings (SSSR count). The van der Waals surface area contributed by atoms with E-state index in [-0.39, 0.29) is 11.8 Å². The fourth-order valence-corrected chi connectivity index (χ4v) is 3.19. The number of hydrogen-bond donors (Lipinski definition) is 1. The molecule has 0 atom stereocenters. The Labute approximate surface area is 143 Å². The lowest BCUT2D eigenvalue weighted by Gasteiger charge is -2.20. The molecule has 128 valence electrons. The van der Waals surface area contributed by atoms with E-state index in [1.165, 1.54) is 25.7 Å². The second-order valence-corrected chi connectivity index (χ2v) is 6.94. The average Bonchev–Trinajstić information content (AvgIpc) is 3.41. The Balaban J connectivity index is 1.59. The van der Waals surface area contributed by atoms with Gasteiger partial charge in [0.25, 0.3) is 5.91 Å². The minimum absolute atomic E-state index is 0.0917. The van der Waals surface area contributed by atoms with Crippen molar-refractivity contribution in [3.63, 3.8) is 0 Å². The van der Waals surface area contributed by atoms with Crippen LogP contribution in [0.1, 0.15) is 55.8 Å². The summed E-state index contributed by atoms with van der Waals surface area (Å²) in [4.78, 5) is 26.5. The number of rotatable bonds is 4. The van der Waals surface area contributed by atoms with Crippen LogP contribution < -0.4 is 5.32 Å². The smallest absolute Gasteiger partial charge is 0.253 e. The van der Waals surface area contributed by atoms with Crippen LogP contribution in [0, 0.1) is 5.92 Å². The van der Waals surface area contributed by atoms with Gasteiger partial charge in [0.05, 0.1) is 0 Å². The molecule has 1 N–H and O–H groups in total. The van der Waals surface area contributed by atoms with Crippen LogP contribution in [0.5, 0.6) is 0 Å². The summed E-state index contributed by atoms with van der Waals surface area (Å²) in [7, 11) is 0. The average molecular weight is 326 g/mol. The van der Waals surface area contributed by atoms with Crippen LogP contribution in [0.3, 0.4) is 0 Å². The summed E-state index contributed by atoms with van der Waals surface area (Å²) >= 11 is 0. The fraction of sp³-hybridized carbons (Fsp3) is 0.500. The fourth-order valence-electron chi connectivity index (χ4n) is 3.19. The number of nitrogens with zero attached hydrogens (tertiary/aromatic N) is 1. The van der Waals surface area contributed by atoms with Crippen LogP contribution in [0.25, 0.3) is 0 Å². The van der Waals surface area contributed by atoms with Gasteiger partial charge in [-0.1, -0.05) is 18.4 Å². The minimum atomic E-state index is -0.0917. The third-order valence-corrected chi connectivity index (χ3v) is 4.87. The van der Waals surface area contributed by atoms with E-state index in [0.717, 1.165) is 37.2 Å². The van der Waals surface area contributed by atoms with Crippen LogP contribution in [0.15, 0.2) is 35.9 Å². The van der Waals surface area contributed by atoms with Gasteiger partial charge in [-0.25, -0.2) is 0 Å². The number of allylic oxidation sites excluding steroid dienone is 1. The molecule has 2 aliphatic rings. The van der Waals surface area contributed by atoms with Gasteiger partial charge in [-0.15, -0.1) is 0 Å². The standard InChI is InChI=1S/C20H26N2O2/c1-15(16-6-7-16)14-19(23)21-18-10-8-17(9-11-18)20(24)22-12-4-2-3-5-13-22/h8-11,14,16H,2-7,12-13H2,1H3,(H,21,23). The number of anilines is 1. The maximum Gasteiger partial charge on any atom is 0.253 e. The molecule has 1 heterocycles. The van der Waals surface area contributed by atoms with Crippen molar-refractivity contribution in [2.75, 3.05) is 18.4 Å². The third kappa shape index (κ3) is 4.47. The molecule has 1 saturated carbocycles. The van der Waals surface area contributed by atoms with Gasteiger partial charge >= 0.3 is 0 Å². The van der Waals surface area contributed by atoms with E-state index in [0.29, 0.717) is 11.5 Å². The molecule has 1 aromatic carbocycles. The molecule has 1 saturated heterocycles. The Morgan fingerprint density at radius 1 is 1.04 bits per heavy atom. The van der Waals surface area contributed by atoms with Crippen LogP contribution >= 0.6 is 0 Å². The van der Waals surface area contributed by atoms with E-state index >= 15 is 0 Å². The second kappa shape index (κ2) is 7.65. The molecular formula is C20H26N2O2. The first-order valence-electron chi connectivity index (χ1n) is 9.02. The molecule has 1 aliphatic carbocycles. The summed E-state index contributed by atoms with van der Waals surface area (Å²) in [6.07, 6.45) is 8.68. The number of hydrogen-bond acceptors (Lipinski definition) is 2. The van der Waals surface area contributed by atoms with Crippen molar-refractivity contribution >= 4 is 17.5 Å². The number of carbonyl (C=O) groups is 2. The van der Waals surface area contributed by atoms with E-state index in [9.17, 15) is 9.59 Å². The highest BCUT2D eigenvalue weighted by Crippen LogP contribution is 2.35. The molecular weight excluding hydrogens is 300 g/mol. The Bertz CT molecular complexity index is 622. The van der Waals surface area contributed by atoms with Gasteiger partial charge in [0.1, 0.15) is 0 Å². The maximum atomic E-state index is 12.5. The summed E-state index contributed by atoms with van der Waals surface area (Å²) in [5.74, 6) is 0.606. The van der Waals surface area contributed by atoms with Gasteiger partial charge in [0.15, 0.2) is 0 Å². The summed E-state index contributed by atoms with van der Waals surface area (Å²) < 4.78 is 0. The third-order valence-electron chi connectivity index (χ3n) is 4.87. The van der Waals surface area contributed by atoms with Crippen molar-refractivity contribution in [3.8, 4) is 0 Å². The van der Waals surface area contributed by atoms with Gasteiger partial charge in [0, 0.05) is 30.4 Å². The zero-order valence-corrected chi connectivity index (χ0v) is 14.4. The Morgan fingerprint density at radius 3 is 2.25 bits per heavy atom. The van der Waals surface area contributed by atoms with E-state index < -0.39 is 0 Å². The summed E-state index contributed by atoms with van der Waals surface area (Å²) in [5, 5.41) is 2.87. The van der Waals surface area contributed by atoms with Crippen LogP contribution in [-0.2, 0) is 4.79 Å². The Morgan fingerprint density at radius 2 is 1.67 bits per heavy atom. The number of likely N-dealkylation sites (tertiary alicyclic amines) is 1. The van der Waals surface area contributed by atoms with Gasteiger partial charge in [0.2, 0.25) is 5.91 Å². The molecule has 1 aliphatic heterocycles. The number of amides is 2. The normalized spacial score (nSPS) is 18.9. The first kappa shape index (κ1) is 16.7. The summed E-state index contributed by atoms with van der Waals surface area (Å²) in [6, 6.07) is 7.23. The van der Waals surface area contributed by atoms with Gasteiger partial charge in [-0.05, 0) is 62.8 Å². The predicted molar refractivity (Wildman–Crippen MR) is 95.9 cm³/mol. The number of benzene rings is 1. The van der Waals surface area contributed by atoms with Crippen molar-refractivity contribution in [2.24, 2.45) is 5.92 Å². The monoisotopic (exact) mass is 326 g/mol. The summed E-state index contributed by atoms with van der Waals surface area (Å²) in [5.41, 5.74) is 2.58. The molecule has 4 nitrogen and oxygen atoms in total. The van der Waals surface area contributed by atoms with Gasteiger partial charge < -0.3 is 10.2 Å². The van der Waals surface area contributed by atoms with Crippen molar-refractivity contribution in [1.29, 1.82) is 0 Å². The minimum Gasteiger partial charge on any atom is -0.339 e. The van der Waals surface area contributed by atoms with E-state index in [2.05, 4.69) is 5.32 Å². The van der Waals surface area contributed by atoms with Crippen molar-refractivity contribution in [2.45, 2.75) is 45.4 Å². The highest BCUT2D eigenvalue weighted by Gasteiger charge is 2.23. The largest absolute Gasteiger partial charge is 0.339 e. The maximum absolute atomic E-state index is 12.5. The van der Waals surface area contributed by atoms with Crippen LogP contribution in [-0.4, -0.2) is 29.8 Å². The lowest BCUT2D eigenvalue weighted by atomic mass is 10.1. The van der Waals surface area contributed by atoms with Crippen molar-refractivity contribution in [3.05, 3.63) is 41.5 Å². The van der Waals surface area contributed by atoms with E-state index in [1.807, 2.05) is 24.0 Å². The zero-order chi connectivity index (χ0) is 16.9. The highest BCUT2D eigenvalue weighted by molar-refractivity contribution is 6.00. The second-order valence-electron chi connectivity index (χ2n) is 6.94. The SMILES string of the molecule is CC(=CC(=O)Nc1ccc(C(=O)N2CCCCCC2)cc1)C1CC1. The molecule has 0 spiro atoms. The van der Waals surface area contributed by atoms with Crippen LogP contribution in [0.4, 0.5) is 5.69 Å². The lowest BCUT2D eigenvalue weighted by molar-refractivity contribution is -0.112. The summed E-state index contributed by atoms with van der Waals surface area (Å²) in [6.45, 7) is 3.71. The molecule has 4 heteroatoms. The molecule has 2 amide bonds. The zero-order valence-electron chi connectivity index (χ0n) is 14.4. The first-order valence-corrected chi connectivity index (χ1v) is 9.02. The quantitative estimate of drug-likeness (QED) is 0.850. The van der Waals surface area contributed by atoms with E-state index in [4.69, 9.17) is 0 Å². The van der Waals surface area contributed by atoms with Crippen LogP contribution in [0.2, 0.25) is 0 Å². The van der Waals surface area contributed by atoms with Crippen molar-refractivity contribution in [1.82, 2.24) is 4.90 Å².